The van der Waals surface area contributed by atoms with Gasteiger partial charge in [-0.1, -0.05) is 0 Å². The minimum absolute atomic E-state index is 0.0302. The molecule has 0 saturated heterocycles. The maximum atomic E-state index is 13.8. The van der Waals surface area contributed by atoms with Crippen molar-refractivity contribution in [1.29, 1.82) is 0 Å². The number of halogens is 3. The van der Waals surface area contributed by atoms with Crippen molar-refractivity contribution in [3.05, 3.63) is 77.9 Å². The molecular weight excluding hydrogens is 335 g/mol. The molecule has 0 bridgehead atoms. The Kier molecular flexibility index (Phi) is 4.69. The summed E-state index contributed by atoms with van der Waals surface area (Å²) in [6, 6.07) is 4.02. The highest BCUT2D eigenvalue weighted by atomic mass is 19.1. The van der Waals surface area contributed by atoms with E-state index in [9.17, 15) is 18.0 Å². The number of pyridine rings is 1. The first-order chi connectivity index (χ1) is 12.0. The molecular formula is C17H10F3N3O2. The Bertz CT molecular complexity index is 920. The molecule has 0 saturated carbocycles. The van der Waals surface area contributed by atoms with Gasteiger partial charge in [0.05, 0.1) is 30.7 Å². The summed E-state index contributed by atoms with van der Waals surface area (Å²) in [6.07, 6.45) is 4.41. The molecule has 8 heteroatoms. The lowest BCUT2D eigenvalue weighted by atomic mass is 10.1. The van der Waals surface area contributed by atoms with E-state index in [-0.39, 0.29) is 22.8 Å². The van der Waals surface area contributed by atoms with Gasteiger partial charge in [0.25, 0.3) is 0 Å². The second kappa shape index (κ2) is 7.08. The van der Waals surface area contributed by atoms with E-state index < -0.39 is 29.7 Å². The zero-order valence-electron chi connectivity index (χ0n) is 12.6. The SMILES string of the molecule is O=C(Cc1ncc(F)cc1F)c1cc(F)cc(Oc2cncnc2)c1. The predicted molar refractivity (Wildman–Crippen MR) is 80.7 cm³/mol. The Morgan fingerprint density at radius 1 is 0.920 bits per heavy atom. The Balaban J connectivity index is 1.82. The van der Waals surface area contributed by atoms with E-state index in [0.29, 0.717) is 6.07 Å². The molecule has 0 unspecified atom stereocenters. The van der Waals surface area contributed by atoms with Crippen LogP contribution in [0.1, 0.15) is 16.1 Å². The van der Waals surface area contributed by atoms with Gasteiger partial charge in [-0.15, -0.1) is 0 Å². The van der Waals surface area contributed by atoms with Crippen molar-refractivity contribution in [3.63, 3.8) is 0 Å². The Labute approximate surface area is 140 Å². The van der Waals surface area contributed by atoms with Crippen LogP contribution in [-0.2, 0) is 6.42 Å². The maximum Gasteiger partial charge on any atom is 0.169 e. The van der Waals surface area contributed by atoms with Gasteiger partial charge < -0.3 is 4.74 Å². The Morgan fingerprint density at radius 2 is 1.68 bits per heavy atom. The van der Waals surface area contributed by atoms with E-state index in [2.05, 4.69) is 15.0 Å². The summed E-state index contributed by atoms with van der Waals surface area (Å²) in [5.74, 6) is -2.76. The summed E-state index contributed by atoms with van der Waals surface area (Å²) >= 11 is 0. The van der Waals surface area contributed by atoms with Crippen LogP contribution in [-0.4, -0.2) is 20.7 Å². The number of nitrogens with zero attached hydrogens (tertiary/aromatic N) is 3. The summed E-state index contributed by atoms with van der Waals surface area (Å²) in [4.78, 5) is 23.3. The van der Waals surface area contributed by atoms with Crippen molar-refractivity contribution in [1.82, 2.24) is 15.0 Å². The molecule has 0 fully saturated rings. The first kappa shape index (κ1) is 16.6. The van der Waals surface area contributed by atoms with Crippen LogP contribution < -0.4 is 4.74 Å². The number of hydrogen-bond donors (Lipinski definition) is 0. The highest BCUT2D eigenvalue weighted by Crippen LogP contribution is 2.23. The van der Waals surface area contributed by atoms with Crippen molar-refractivity contribution in [2.24, 2.45) is 0 Å². The first-order valence-electron chi connectivity index (χ1n) is 7.08. The molecule has 0 N–H and O–H groups in total. The smallest absolute Gasteiger partial charge is 0.169 e. The van der Waals surface area contributed by atoms with E-state index in [4.69, 9.17) is 4.74 Å². The van der Waals surface area contributed by atoms with Crippen LogP contribution in [0.3, 0.4) is 0 Å². The fraction of sp³-hybridized carbons (Fsp3) is 0.0588. The molecule has 0 radical (unpaired) electrons. The van der Waals surface area contributed by atoms with Gasteiger partial charge in [-0.05, 0) is 12.1 Å². The van der Waals surface area contributed by atoms with Crippen LogP contribution in [0, 0.1) is 17.5 Å². The third-order valence-corrected chi connectivity index (χ3v) is 3.18. The second-order valence-electron chi connectivity index (χ2n) is 5.03. The zero-order chi connectivity index (χ0) is 17.8. The number of ether oxygens (including phenoxy) is 1. The van der Waals surface area contributed by atoms with Crippen molar-refractivity contribution in [2.75, 3.05) is 0 Å². The van der Waals surface area contributed by atoms with Crippen LogP contribution in [0.2, 0.25) is 0 Å². The molecule has 0 aliphatic rings. The fourth-order valence-corrected chi connectivity index (χ4v) is 2.08. The maximum absolute atomic E-state index is 13.8. The van der Waals surface area contributed by atoms with Crippen molar-refractivity contribution in [3.8, 4) is 11.5 Å². The third-order valence-electron chi connectivity index (χ3n) is 3.18. The third kappa shape index (κ3) is 4.17. The number of carbonyl (C=O) groups is 1. The molecule has 3 rings (SSSR count). The Hall–Kier alpha value is -3.29. The molecule has 2 heterocycles. The van der Waals surface area contributed by atoms with E-state index in [1.165, 1.54) is 24.8 Å². The molecule has 0 amide bonds. The van der Waals surface area contributed by atoms with Gasteiger partial charge in [-0.3, -0.25) is 9.78 Å². The number of rotatable bonds is 5. The van der Waals surface area contributed by atoms with Gasteiger partial charge in [-0.25, -0.2) is 23.1 Å². The van der Waals surface area contributed by atoms with Gasteiger partial charge in [-0.2, -0.15) is 0 Å². The number of Topliss-reactive ketones (excluding diaryl/α,β-unsaturated/α-hetero) is 1. The molecule has 3 aromatic rings. The molecule has 25 heavy (non-hydrogen) atoms. The predicted octanol–water partition coefficient (Wildman–Crippen LogP) is 3.51. The summed E-state index contributed by atoms with van der Waals surface area (Å²) in [5, 5.41) is 0. The molecule has 0 aliphatic heterocycles. The summed E-state index contributed by atoms with van der Waals surface area (Å²) < 4.78 is 45.6. The summed E-state index contributed by atoms with van der Waals surface area (Å²) in [7, 11) is 0. The van der Waals surface area contributed by atoms with E-state index in [1.54, 1.807) is 0 Å². The summed E-state index contributed by atoms with van der Waals surface area (Å²) in [6.45, 7) is 0. The lowest BCUT2D eigenvalue weighted by molar-refractivity contribution is 0.0989. The van der Waals surface area contributed by atoms with E-state index in [1.807, 2.05) is 0 Å². The fourth-order valence-electron chi connectivity index (χ4n) is 2.08. The normalized spacial score (nSPS) is 10.5. The largest absolute Gasteiger partial charge is 0.454 e. The van der Waals surface area contributed by atoms with Gasteiger partial charge in [0.1, 0.15) is 29.5 Å². The topological polar surface area (TPSA) is 65.0 Å². The molecule has 1 aromatic carbocycles. The average Bonchev–Trinajstić information content (AvgIpc) is 2.57. The number of hydrogen-bond acceptors (Lipinski definition) is 5. The van der Waals surface area contributed by atoms with E-state index >= 15 is 0 Å². The second-order valence-corrected chi connectivity index (χ2v) is 5.03. The van der Waals surface area contributed by atoms with Crippen LogP contribution in [0.4, 0.5) is 13.2 Å². The minimum atomic E-state index is -0.942. The van der Waals surface area contributed by atoms with Crippen molar-refractivity contribution < 1.29 is 22.7 Å². The van der Waals surface area contributed by atoms with Crippen molar-refractivity contribution in [2.45, 2.75) is 6.42 Å². The van der Waals surface area contributed by atoms with Gasteiger partial charge >= 0.3 is 0 Å². The van der Waals surface area contributed by atoms with Crippen LogP contribution in [0.15, 0.2) is 49.2 Å². The number of benzene rings is 1. The van der Waals surface area contributed by atoms with Gasteiger partial charge in [0, 0.05) is 17.7 Å². The Morgan fingerprint density at radius 3 is 2.40 bits per heavy atom. The quantitative estimate of drug-likeness (QED) is 0.662. The lowest BCUT2D eigenvalue weighted by Crippen LogP contribution is -2.08. The number of ketones is 1. The molecule has 0 spiro atoms. The zero-order valence-corrected chi connectivity index (χ0v) is 12.6. The van der Waals surface area contributed by atoms with Crippen LogP contribution in [0.5, 0.6) is 11.5 Å². The minimum Gasteiger partial charge on any atom is -0.454 e. The first-order valence-corrected chi connectivity index (χ1v) is 7.08. The van der Waals surface area contributed by atoms with Crippen LogP contribution in [0.25, 0.3) is 0 Å². The van der Waals surface area contributed by atoms with Gasteiger partial charge in [0.2, 0.25) is 0 Å². The molecule has 0 aliphatic carbocycles. The number of carbonyl (C=O) groups excluding carboxylic acids is 1. The van der Waals surface area contributed by atoms with E-state index in [0.717, 1.165) is 18.3 Å². The highest BCUT2D eigenvalue weighted by Gasteiger charge is 2.15. The molecule has 2 aromatic heterocycles. The van der Waals surface area contributed by atoms with Gasteiger partial charge in [0.15, 0.2) is 11.5 Å². The standard InChI is InChI=1S/C17H10F3N3O2/c18-11-1-10(2-13(3-11)25-14-7-21-9-22-8-14)17(24)5-16-15(20)4-12(19)6-23-16/h1-4,6-9H,5H2. The van der Waals surface area contributed by atoms with Crippen molar-refractivity contribution >= 4 is 5.78 Å². The lowest BCUT2D eigenvalue weighted by Gasteiger charge is -2.08. The molecule has 5 nitrogen and oxygen atoms in total. The molecule has 126 valence electrons. The highest BCUT2D eigenvalue weighted by molar-refractivity contribution is 5.97. The van der Waals surface area contributed by atoms with Crippen LogP contribution >= 0.6 is 0 Å². The number of aromatic nitrogens is 3. The molecule has 0 atom stereocenters. The average molecular weight is 345 g/mol. The summed E-state index contributed by atoms with van der Waals surface area (Å²) in [5.41, 5.74) is -0.257. The monoisotopic (exact) mass is 345 g/mol.